The van der Waals surface area contributed by atoms with Crippen molar-refractivity contribution < 1.29 is 18.0 Å². The Kier molecular flexibility index (Phi) is 5.43. The molecule has 0 saturated carbocycles. The van der Waals surface area contributed by atoms with Crippen LogP contribution in [0.4, 0.5) is 13.2 Å². The van der Waals surface area contributed by atoms with Crippen LogP contribution in [0.1, 0.15) is 24.9 Å². The van der Waals surface area contributed by atoms with Crippen molar-refractivity contribution in [1.82, 2.24) is 5.32 Å². The molecular formula is C13H11BrF3NO. The number of halogens is 4. The maximum atomic E-state index is 12.5. The normalized spacial score (nSPS) is 12.3. The summed E-state index contributed by atoms with van der Waals surface area (Å²) in [7, 11) is 0. The number of rotatable bonds is 3. The Morgan fingerprint density at radius 3 is 2.42 bits per heavy atom. The van der Waals surface area contributed by atoms with Crippen molar-refractivity contribution in [2.24, 2.45) is 0 Å². The Morgan fingerprint density at radius 2 is 1.95 bits per heavy atom. The van der Waals surface area contributed by atoms with Crippen LogP contribution < -0.4 is 5.32 Å². The van der Waals surface area contributed by atoms with Gasteiger partial charge in [-0.2, -0.15) is 13.2 Å². The van der Waals surface area contributed by atoms with Gasteiger partial charge in [-0.25, -0.2) is 0 Å². The molecule has 1 atom stereocenters. The highest BCUT2D eigenvalue weighted by atomic mass is 79.9. The summed E-state index contributed by atoms with van der Waals surface area (Å²) in [4.78, 5) is 11.3. The highest BCUT2D eigenvalue weighted by molar-refractivity contribution is 9.10. The van der Waals surface area contributed by atoms with Gasteiger partial charge in [0, 0.05) is 4.47 Å². The molecule has 2 nitrogen and oxygen atoms in total. The number of amides is 1. The van der Waals surface area contributed by atoms with Crippen molar-refractivity contribution in [2.45, 2.75) is 25.6 Å². The van der Waals surface area contributed by atoms with Crippen LogP contribution in [0.25, 0.3) is 0 Å². The molecule has 0 saturated heterocycles. The summed E-state index contributed by atoms with van der Waals surface area (Å²) in [6, 6.07) is 5.16. The van der Waals surface area contributed by atoms with Crippen LogP contribution in [0.2, 0.25) is 0 Å². The third-order valence-corrected chi connectivity index (χ3v) is 2.78. The summed E-state index contributed by atoms with van der Waals surface area (Å²) in [5.41, 5.74) is 0.381. The topological polar surface area (TPSA) is 29.1 Å². The number of carbonyl (C=O) groups is 1. The minimum atomic E-state index is -4.37. The summed E-state index contributed by atoms with van der Waals surface area (Å²) >= 11 is 3.20. The monoisotopic (exact) mass is 333 g/mol. The van der Waals surface area contributed by atoms with E-state index >= 15 is 0 Å². The number of alkyl halides is 3. The SMILES string of the molecule is CC#CC(=O)NC(CC(F)(F)F)c1ccc(Br)cc1. The van der Waals surface area contributed by atoms with E-state index < -0.39 is 24.5 Å². The van der Waals surface area contributed by atoms with Crippen molar-refractivity contribution in [2.75, 3.05) is 0 Å². The fraction of sp³-hybridized carbons (Fsp3) is 0.308. The standard InChI is InChI=1S/C13H11BrF3NO/c1-2-3-12(19)18-11(8-13(15,16)17)9-4-6-10(14)7-5-9/h4-7,11H,8H2,1H3,(H,18,19). The lowest BCUT2D eigenvalue weighted by atomic mass is 10.0. The fourth-order valence-corrected chi connectivity index (χ4v) is 1.75. The highest BCUT2D eigenvalue weighted by Gasteiger charge is 2.33. The van der Waals surface area contributed by atoms with Gasteiger partial charge in [0.15, 0.2) is 0 Å². The van der Waals surface area contributed by atoms with Crippen LogP contribution in [-0.2, 0) is 4.79 Å². The first-order valence-corrected chi connectivity index (χ1v) is 6.16. The number of benzene rings is 1. The second-order valence-electron chi connectivity index (χ2n) is 3.77. The minimum absolute atomic E-state index is 0.381. The van der Waals surface area contributed by atoms with Crippen LogP contribution in [0.15, 0.2) is 28.7 Å². The first kappa shape index (κ1) is 15.6. The first-order valence-electron chi connectivity index (χ1n) is 5.37. The van der Waals surface area contributed by atoms with Crippen LogP contribution in [0.3, 0.4) is 0 Å². The Labute approximate surface area is 117 Å². The van der Waals surface area contributed by atoms with Gasteiger partial charge >= 0.3 is 6.18 Å². The van der Waals surface area contributed by atoms with Gasteiger partial charge in [0.1, 0.15) is 0 Å². The number of carbonyl (C=O) groups excluding carboxylic acids is 1. The van der Waals surface area contributed by atoms with Crippen LogP contribution in [0, 0.1) is 11.8 Å². The molecule has 1 N–H and O–H groups in total. The van der Waals surface area contributed by atoms with E-state index in [1.54, 1.807) is 12.1 Å². The zero-order valence-electron chi connectivity index (χ0n) is 10.0. The summed E-state index contributed by atoms with van der Waals surface area (Å²) in [6.07, 6.45) is -5.50. The lowest BCUT2D eigenvalue weighted by molar-refractivity contribution is -0.142. The van der Waals surface area contributed by atoms with Gasteiger partial charge in [-0.1, -0.05) is 34.0 Å². The third kappa shape index (κ3) is 5.79. The zero-order chi connectivity index (χ0) is 14.5. The predicted molar refractivity (Wildman–Crippen MR) is 69.1 cm³/mol. The number of nitrogens with one attached hydrogen (secondary N) is 1. The quantitative estimate of drug-likeness (QED) is 0.841. The van der Waals surface area contributed by atoms with Gasteiger partial charge in [-0.15, -0.1) is 0 Å². The van der Waals surface area contributed by atoms with E-state index in [2.05, 4.69) is 33.1 Å². The molecule has 0 radical (unpaired) electrons. The minimum Gasteiger partial charge on any atom is -0.338 e. The van der Waals surface area contributed by atoms with Gasteiger partial charge in [0.2, 0.25) is 0 Å². The van der Waals surface area contributed by atoms with Crippen LogP contribution >= 0.6 is 15.9 Å². The number of hydrogen-bond donors (Lipinski definition) is 1. The van der Waals surface area contributed by atoms with E-state index in [1.165, 1.54) is 19.1 Å². The van der Waals surface area contributed by atoms with Crippen molar-refractivity contribution in [3.05, 3.63) is 34.3 Å². The van der Waals surface area contributed by atoms with Crippen LogP contribution in [0.5, 0.6) is 0 Å². The van der Waals surface area contributed by atoms with Crippen molar-refractivity contribution in [3.63, 3.8) is 0 Å². The lowest BCUT2D eigenvalue weighted by Gasteiger charge is -2.19. The van der Waals surface area contributed by atoms with Crippen molar-refractivity contribution >= 4 is 21.8 Å². The Morgan fingerprint density at radius 1 is 1.37 bits per heavy atom. The van der Waals surface area contributed by atoms with E-state index in [-0.39, 0.29) is 0 Å². The van der Waals surface area contributed by atoms with Gasteiger partial charge in [-0.05, 0) is 30.5 Å². The molecule has 1 rings (SSSR count). The fourth-order valence-electron chi connectivity index (χ4n) is 1.49. The largest absolute Gasteiger partial charge is 0.391 e. The molecule has 1 aromatic rings. The highest BCUT2D eigenvalue weighted by Crippen LogP contribution is 2.30. The summed E-state index contributed by atoms with van der Waals surface area (Å²) in [5, 5.41) is 2.26. The first-order chi connectivity index (χ1) is 8.81. The average Bonchev–Trinajstić information content (AvgIpc) is 2.27. The molecule has 0 aliphatic carbocycles. The maximum absolute atomic E-state index is 12.5. The van der Waals surface area contributed by atoms with E-state index in [4.69, 9.17) is 0 Å². The Balaban J connectivity index is 2.93. The van der Waals surface area contributed by atoms with Crippen molar-refractivity contribution in [1.29, 1.82) is 0 Å². The van der Waals surface area contributed by atoms with E-state index in [9.17, 15) is 18.0 Å². The van der Waals surface area contributed by atoms with Gasteiger partial charge in [-0.3, -0.25) is 4.79 Å². The molecule has 19 heavy (non-hydrogen) atoms. The molecule has 0 aliphatic rings. The molecule has 0 spiro atoms. The molecule has 1 amide bonds. The third-order valence-electron chi connectivity index (χ3n) is 2.25. The van der Waals surface area contributed by atoms with E-state index in [0.29, 0.717) is 5.56 Å². The Bertz CT molecular complexity index is 499. The van der Waals surface area contributed by atoms with Crippen LogP contribution in [-0.4, -0.2) is 12.1 Å². The zero-order valence-corrected chi connectivity index (χ0v) is 11.6. The summed E-state index contributed by atoms with van der Waals surface area (Å²) in [6.45, 7) is 1.44. The van der Waals surface area contributed by atoms with E-state index in [1.807, 2.05) is 0 Å². The maximum Gasteiger partial charge on any atom is 0.391 e. The predicted octanol–water partition coefficient (Wildman–Crippen LogP) is 3.58. The average molecular weight is 334 g/mol. The molecule has 102 valence electrons. The summed E-state index contributed by atoms with van der Waals surface area (Å²) in [5.74, 6) is 3.79. The molecule has 1 unspecified atom stereocenters. The second kappa shape index (κ2) is 6.62. The molecule has 0 aliphatic heterocycles. The van der Waals surface area contributed by atoms with Gasteiger partial charge in [0.25, 0.3) is 5.91 Å². The Hall–Kier alpha value is -1.48. The second-order valence-corrected chi connectivity index (χ2v) is 4.69. The molecular weight excluding hydrogens is 323 g/mol. The van der Waals surface area contributed by atoms with Gasteiger partial charge in [0.05, 0.1) is 12.5 Å². The summed E-state index contributed by atoms with van der Waals surface area (Å²) < 4.78 is 38.3. The molecule has 0 bridgehead atoms. The van der Waals surface area contributed by atoms with E-state index in [0.717, 1.165) is 4.47 Å². The molecule has 1 aromatic carbocycles. The molecule has 0 heterocycles. The number of hydrogen-bond acceptors (Lipinski definition) is 1. The molecule has 0 fully saturated rings. The molecule has 6 heteroatoms. The van der Waals surface area contributed by atoms with Crippen molar-refractivity contribution in [3.8, 4) is 11.8 Å². The molecule has 0 aromatic heterocycles. The lowest BCUT2D eigenvalue weighted by Crippen LogP contribution is -2.31. The smallest absolute Gasteiger partial charge is 0.338 e. The van der Waals surface area contributed by atoms with Gasteiger partial charge < -0.3 is 5.32 Å².